The Kier molecular flexibility index (Phi) is 6.67. The monoisotopic (exact) mass is 684 g/mol. The molecule has 0 radical (unpaired) electrons. The summed E-state index contributed by atoms with van der Waals surface area (Å²) in [6.45, 7) is 6.70. The first-order chi connectivity index (χ1) is 16.9. The topological polar surface area (TPSA) is 30.7 Å². The predicted molar refractivity (Wildman–Crippen MR) is 148 cm³/mol. The summed E-state index contributed by atoms with van der Waals surface area (Å²) >= 11 is 7.27. The molecule has 3 aromatic carbocycles. The molecule has 0 aliphatic heterocycles. The number of nitrogens with zero attached hydrogens (tertiary/aromatic N) is 3. The van der Waals surface area contributed by atoms with Crippen LogP contribution >= 0.6 is 11.8 Å². The fraction of sp³-hybridized carbons (Fsp3) is 0.133. The maximum absolute atomic E-state index is 5.64. The molecule has 0 atom stereocenters. The number of aromatic nitrogens is 3. The van der Waals surface area contributed by atoms with E-state index < -0.39 is 0 Å². The largest absolute Gasteiger partial charge is 2.00 e. The van der Waals surface area contributed by atoms with E-state index in [4.69, 9.17) is 17.6 Å². The molecule has 6 rings (SSSR count). The van der Waals surface area contributed by atoms with E-state index in [0.29, 0.717) is 0 Å². The normalized spacial score (nSPS) is 11.8. The van der Waals surface area contributed by atoms with Crippen molar-refractivity contribution in [2.24, 2.45) is 0 Å². The third kappa shape index (κ3) is 4.34. The number of pyridine rings is 2. The van der Waals surface area contributed by atoms with Crippen molar-refractivity contribution in [3.05, 3.63) is 96.7 Å². The molecule has 0 saturated carbocycles. The Labute approximate surface area is 235 Å². The van der Waals surface area contributed by atoms with Crippen LogP contribution in [0.1, 0.15) is 26.3 Å². The van der Waals surface area contributed by atoms with E-state index in [-0.39, 0.29) is 26.5 Å². The third-order valence-corrected chi connectivity index (χ3v) is 7.44. The summed E-state index contributed by atoms with van der Waals surface area (Å²) in [5.74, 6) is 0.881. The van der Waals surface area contributed by atoms with E-state index in [2.05, 4.69) is 84.9 Å². The third-order valence-electron chi connectivity index (χ3n) is 6.24. The van der Waals surface area contributed by atoms with Gasteiger partial charge >= 0.3 is 21.1 Å². The van der Waals surface area contributed by atoms with Crippen LogP contribution in [0.25, 0.3) is 38.5 Å². The Morgan fingerprint density at radius 2 is 1.64 bits per heavy atom. The maximum Gasteiger partial charge on any atom is 2.00 e. The van der Waals surface area contributed by atoms with Gasteiger partial charge in [-0.2, -0.15) is 12.1 Å². The summed E-state index contributed by atoms with van der Waals surface area (Å²) in [7, 11) is 0. The van der Waals surface area contributed by atoms with Gasteiger partial charge in [-0.25, -0.2) is 9.97 Å². The second-order valence-electron chi connectivity index (χ2n) is 9.64. The smallest absolute Gasteiger partial charge is 0.778 e. The van der Waals surface area contributed by atoms with Crippen LogP contribution in [0.2, 0.25) is 0 Å². The summed E-state index contributed by atoms with van der Waals surface area (Å²) in [5, 5.41) is 4.40. The summed E-state index contributed by atoms with van der Waals surface area (Å²) in [5.41, 5.74) is 4.24. The van der Waals surface area contributed by atoms with Gasteiger partial charge in [0.2, 0.25) is 0 Å². The van der Waals surface area contributed by atoms with Gasteiger partial charge in [-0.05, 0) is 40.6 Å². The van der Waals surface area contributed by atoms with Crippen LogP contribution in [-0.2, 0) is 39.1 Å². The van der Waals surface area contributed by atoms with Gasteiger partial charge in [0.15, 0.2) is 0 Å². The van der Waals surface area contributed by atoms with Crippen LogP contribution in [0.4, 0.5) is 0 Å². The molecule has 0 bridgehead atoms. The molecule has 0 N–H and O–H groups in total. The van der Waals surface area contributed by atoms with Crippen LogP contribution < -0.4 is 0 Å². The Bertz CT molecular complexity index is 1720. The van der Waals surface area contributed by atoms with E-state index >= 15 is 0 Å². The number of benzene rings is 3. The molecular formula is C30H23N3PtS2. The molecule has 3 heterocycles. The number of para-hydroxylation sites is 2. The van der Waals surface area contributed by atoms with Crippen molar-refractivity contribution in [1.29, 1.82) is 0 Å². The molecule has 0 fully saturated rings. The number of fused-ring (bicyclic) bond motifs is 4. The van der Waals surface area contributed by atoms with E-state index in [1.54, 1.807) is 11.8 Å². The first kappa shape index (κ1) is 24.9. The van der Waals surface area contributed by atoms with Crippen LogP contribution in [0, 0.1) is 6.07 Å². The molecule has 6 heteroatoms. The second-order valence-corrected chi connectivity index (χ2v) is 11.1. The fourth-order valence-corrected chi connectivity index (χ4v) is 5.70. The van der Waals surface area contributed by atoms with Crippen LogP contribution in [0.15, 0.2) is 99.9 Å². The van der Waals surface area contributed by atoms with Crippen molar-refractivity contribution in [2.75, 3.05) is 0 Å². The zero-order valence-electron chi connectivity index (χ0n) is 20.1. The van der Waals surface area contributed by atoms with E-state index in [9.17, 15) is 0 Å². The van der Waals surface area contributed by atoms with Crippen molar-refractivity contribution >= 4 is 57.1 Å². The molecule has 180 valence electrons. The predicted octanol–water partition coefficient (Wildman–Crippen LogP) is 7.88. The Hall–Kier alpha value is -2.72. The van der Waals surface area contributed by atoms with Crippen molar-refractivity contribution < 1.29 is 21.1 Å². The molecule has 0 aliphatic carbocycles. The molecule has 3 nitrogen and oxygen atoms in total. The minimum atomic E-state index is -0.0291. The van der Waals surface area contributed by atoms with Crippen LogP contribution in [0.3, 0.4) is 0 Å². The van der Waals surface area contributed by atoms with Gasteiger partial charge in [-0.3, -0.25) is 0 Å². The molecule has 6 aromatic rings. The molecule has 0 spiro atoms. The molecule has 0 saturated heterocycles. The maximum atomic E-state index is 5.64. The average Bonchev–Trinajstić information content (AvgIpc) is 3.18. The number of hydrogen-bond donors (Lipinski definition) is 0. The van der Waals surface area contributed by atoms with Gasteiger partial charge in [0, 0.05) is 17.1 Å². The second kappa shape index (κ2) is 9.63. The number of hydrogen-bond acceptors (Lipinski definition) is 4. The summed E-state index contributed by atoms with van der Waals surface area (Å²) in [4.78, 5) is 11.4. The molecule has 3 aromatic heterocycles. The Morgan fingerprint density at radius 3 is 2.42 bits per heavy atom. The van der Waals surface area contributed by atoms with Crippen LogP contribution in [0.5, 0.6) is 0 Å². The Balaban J connectivity index is 0.00000267. The minimum absolute atomic E-state index is 0. The Morgan fingerprint density at radius 1 is 0.861 bits per heavy atom. The molecule has 36 heavy (non-hydrogen) atoms. The zero-order valence-corrected chi connectivity index (χ0v) is 24.0. The van der Waals surface area contributed by atoms with Gasteiger partial charge < -0.3 is 17.2 Å². The van der Waals surface area contributed by atoms with Crippen molar-refractivity contribution in [2.45, 2.75) is 41.0 Å². The SMILES string of the molecule is CC(C)(C)c1cc(Sc2[c-]c3c(cc2)c2ccccc2n3-c2ccccn2)nc2c([S-])cccc12.[Pt+2]. The van der Waals surface area contributed by atoms with Gasteiger partial charge in [-0.1, -0.05) is 85.4 Å². The van der Waals surface area contributed by atoms with Gasteiger partial charge in [0.05, 0.1) is 10.5 Å². The quantitative estimate of drug-likeness (QED) is 0.140. The van der Waals surface area contributed by atoms with E-state index in [1.165, 1.54) is 10.9 Å². The fourth-order valence-electron chi connectivity index (χ4n) is 4.64. The molecule has 0 aliphatic rings. The summed E-state index contributed by atoms with van der Waals surface area (Å²) < 4.78 is 2.18. The molecular weight excluding hydrogens is 662 g/mol. The molecule has 0 unspecified atom stereocenters. The molecule has 0 amide bonds. The van der Waals surface area contributed by atoms with E-state index in [1.807, 2.05) is 36.5 Å². The van der Waals surface area contributed by atoms with Gasteiger partial charge in [0.25, 0.3) is 0 Å². The summed E-state index contributed by atoms with van der Waals surface area (Å²) in [6, 6.07) is 30.7. The van der Waals surface area contributed by atoms with Crippen LogP contribution in [-0.4, -0.2) is 14.5 Å². The number of rotatable bonds is 3. The zero-order chi connectivity index (χ0) is 24.2. The van der Waals surface area contributed by atoms with Crippen molar-refractivity contribution in [3.63, 3.8) is 0 Å². The summed E-state index contributed by atoms with van der Waals surface area (Å²) in [6.07, 6.45) is 1.83. The first-order valence-electron chi connectivity index (χ1n) is 11.6. The average molecular weight is 685 g/mol. The van der Waals surface area contributed by atoms with Gasteiger partial charge in [0.1, 0.15) is 5.82 Å². The first-order valence-corrected chi connectivity index (χ1v) is 12.8. The minimum Gasteiger partial charge on any atom is -0.778 e. The van der Waals surface area contributed by atoms with Crippen molar-refractivity contribution in [3.8, 4) is 5.82 Å². The van der Waals surface area contributed by atoms with E-state index in [0.717, 1.165) is 48.0 Å². The standard InChI is InChI=1S/C30H24N3S2.Pt/c1-30(2,3)23-18-28(32-29-22(23)10-8-12-26(29)34)35-19-14-15-21-20-9-4-5-11-24(20)33(25(21)17-19)27-13-6-7-16-31-27;/h4-16,18,34H,1-3H3;/q-1;+2/p-1. The van der Waals surface area contributed by atoms with Crippen molar-refractivity contribution in [1.82, 2.24) is 14.5 Å². The van der Waals surface area contributed by atoms with Gasteiger partial charge in [-0.15, -0.1) is 16.3 Å².